The maximum atomic E-state index is 12.1. The first-order valence-corrected chi connectivity index (χ1v) is 7.83. The molecule has 7 heteroatoms. The Kier molecular flexibility index (Phi) is 4.27. The van der Waals surface area contributed by atoms with E-state index in [1.807, 2.05) is 6.92 Å². The summed E-state index contributed by atoms with van der Waals surface area (Å²) in [6, 6.07) is 5.10. The second-order valence-corrected chi connectivity index (χ2v) is 6.06. The Morgan fingerprint density at radius 1 is 1.26 bits per heavy atom. The Hall–Kier alpha value is -2.44. The summed E-state index contributed by atoms with van der Waals surface area (Å²) in [5.74, 6) is 0.403. The minimum absolute atomic E-state index is 0.0684. The molecule has 0 spiro atoms. The molecular weight excluding hydrogens is 296 g/mol. The molecule has 0 aliphatic heterocycles. The van der Waals surface area contributed by atoms with E-state index >= 15 is 0 Å². The third-order valence-corrected chi connectivity index (χ3v) is 4.20. The second-order valence-electron chi connectivity index (χ2n) is 6.06. The van der Waals surface area contributed by atoms with Crippen LogP contribution < -0.4 is 10.9 Å². The van der Waals surface area contributed by atoms with Crippen molar-refractivity contribution in [1.29, 1.82) is 0 Å². The van der Waals surface area contributed by atoms with Crippen LogP contribution in [0.4, 0.5) is 0 Å². The molecule has 2 aromatic rings. The lowest BCUT2D eigenvalue weighted by atomic mass is 9.91. The third-order valence-electron chi connectivity index (χ3n) is 4.20. The predicted octanol–water partition coefficient (Wildman–Crippen LogP) is 1.76. The maximum Gasteiger partial charge on any atom is 0.273 e. The van der Waals surface area contributed by atoms with Crippen LogP contribution in [0.5, 0.6) is 0 Å². The molecule has 0 unspecified atom stereocenters. The average molecular weight is 316 g/mol. The van der Waals surface area contributed by atoms with Crippen molar-refractivity contribution >= 4 is 5.91 Å². The molecule has 0 saturated heterocycles. The van der Waals surface area contributed by atoms with Gasteiger partial charge in [0.25, 0.3) is 11.5 Å². The number of hydrogen-bond acceptors (Lipinski definition) is 5. The number of rotatable bonds is 3. The van der Waals surface area contributed by atoms with Crippen LogP contribution in [0.15, 0.2) is 27.5 Å². The molecule has 1 saturated carbocycles. The normalized spacial score (nSPS) is 21.1. The Labute approximate surface area is 133 Å². The molecule has 122 valence electrons. The van der Waals surface area contributed by atoms with Crippen LogP contribution in [0.1, 0.15) is 53.7 Å². The number of nitrogens with one attached hydrogen (secondary N) is 1. The van der Waals surface area contributed by atoms with Crippen molar-refractivity contribution in [2.45, 2.75) is 51.6 Å². The van der Waals surface area contributed by atoms with Gasteiger partial charge in [-0.25, -0.2) is 4.68 Å². The lowest BCUT2D eigenvalue weighted by Gasteiger charge is -2.29. The quantitative estimate of drug-likeness (QED) is 0.932. The van der Waals surface area contributed by atoms with E-state index in [0.29, 0.717) is 11.5 Å². The van der Waals surface area contributed by atoms with E-state index in [1.165, 1.54) is 0 Å². The number of nitrogens with zero attached hydrogens (tertiary/aromatic N) is 3. The van der Waals surface area contributed by atoms with Crippen molar-refractivity contribution < 1.29 is 9.32 Å². The summed E-state index contributed by atoms with van der Waals surface area (Å²) >= 11 is 0. The summed E-state index contributed by atoms with van der Waals surface area (Å²) in [7, 11) is 0. The highest BCUT2D eigenvalue weighted by Gasteiger charge is 2.25. The van der Waals surface area contributed by atoms with E-state index in [-0.39, 0.29) is 23.6 Å². The monoisotopic (exact) mass is 316 g/mol. The maximum absolute atomic E-state index is 12.1. The summed E-state index contributed by atoms with van der Waals surface area (Å²) in [5, 5.41) is 11.0. The molecule has 2 aromatic heterocycles. The van der Waals surface area contributed by atoms with Crippen LogP contribution >= 0.6 is 0 Å². The summed E-state index contributed by atoms with van der Waals surface area (Å²) in [5.41, 5.74) is 1.07. The van der Waals surface area contributed by atoms with Crippen molar-refractivity contribution in [1.82, 2.24) is 20.3 Å². The van der Waals surface area contributed by atoms with Crippen molar-refractivity contribution in [2.75, 3.05) is 0 Å². The van der Waals surface area contributed by atoms with Gasteiger partial charge in [0.1, 0.15) is 5.76 Å². The van der Waals surface area contributed by atoms with Crippen molar-refractivity contribution in [3.8, 4) is 0 Å². The molecule has 0 aromatic carbocycles. The van der Waals surface area contributed by atoms with Crippen LogP contribution in [0, 0.1) is 13.8 Å². The highest BCUT2D eigenvalue weighted by atomic mass is 16.5. The number of aromatic nitrogens is 3. The van der Waals surface area contributed by atoms with E-state index in [9.17, 15) is 9.59 Å². The summed E-state index contributed by atoms with van der Waals surface area (Å²) in [6.07, 6.45) is 3.27. The van der Waals surface area contributed by atoms with Crippen LogP contribution in [0.2, 0.25) is 0 Å². The van der Waals surface area contributed by atoms with Gasteiger partial charge in [0.15, 0.2) is 5.69 Å². The van der Waals surface area contributed by atoms with Crippen LogP contribution in [0.25, 0.3) is 0 Å². The number of amides is 1. The zero-order valence-electron chi connectivity index (χ0n) is 13.3. The molecule has 1 aliphatic carbocycles. The minimum atomic E-state index is -0.212. The highest BCUT2D eigenvalue weighted by Crippen LogP contribution is 2.27. The van der Waals surface area contributed by atoms with E-state index in [4.69, 9.17) is 4.52 Å². The third kappa shape index (κ3) is 3.49. The SMILES string of the molecule is Cc1ccc(=O)n(C2CCC(NC(=O)c3cc(C)on3)CC2)n1. The largest absolute Gasteiger partial charge is 0.361 e. The Morgan fingerprint density at radius 2 is 2.00 bits per heavy atom. The molecule has 0 radical (unpaired) electrons. The van der Waals surface area contributed by atoms with Crippen LogP contribution in [-0.4, -0.2) is 26.9 Å². The molecule has 1 N–H and O–H groups in total. The molecule has 1 fully saturated rings. The average Bonchev–Trinajstić information content (AvgIpc) is 2.97. The van der Waals surface area contributed by atoms with Crippen molar-refractivity contribution in [3.05, 3.63) is 45.7 Å². The standard InChI is InChI=1S/C16H20N4O3/c1-10-3-8-15(21)20(18-10)13-6-4-12(5-7-13)17-16(22)14-9-11(2)23-19-14/h3,8-9,12-13H,4-7H2,1-2H3,(H,17,22). The predicted molar refractivity (Wildman–Crippen MR) is 83.2 cm³/mol. The lowest BCUT2D eigenvalue weighted by Crippen LogP contribution is -2.39. The number of hydrogen-bond donors (Lipinski definition) is 1. The molecule has 1 aliphatic rings. The van der Waals surface area contributed by atoms with Crippen LogP contribution in [0.3, 0.4) is 0 Å². The van der Waals surface area contributed by atoms with Gasteiger partial charge in [-0.3, -0.25) is 9.59 Å². The summed E-state index contributed by atoms with van der Waals surface area (Å²) in [6.45, 7) is 3.63. The summed E-state index contributed by atoms with van der Waals surface area (Å²) < 4.78 is 6.49. The molecule has 7 nitrogen and oxygen atoms in total. The minimum Gasteiger partial charge on any atom is -0.361 e. The van der Waals surface area contributed by atoms with Crippen LogP contribution in [-0.2, 0) is 0 Å². The highest BCUT2D eigenvalue weighted by molar-refractivity contribution is 5.92. The van der Waals surface area contributed by atoms with Gasteiger partial charge in [-0.15, -0.1) is 0 Å². The molecule has 23 heavy (non-hydrogen) atoms. The number of carbonyl (C=O) groups is 1. The zero-order chi connectivity index (χ0) is 16.4. The topological polar surface area (TPSA) is 90.0 Å². The van der Waals surface area contributed by atoms with Crippen molar-refractivity contribution in [3.63, 3.8) is 0 Å². The number of aryl methyl sites for hydroxylation is 2. The first-order valence-electron chi connectivity index (χ1n) is 7.83. The summed E-state index contributed by atoms with van der Waals surface area (Å²) in [4.78, 5) is 24.0. The second kappa shape index (κ2) is 6.36. The van der Waals surface area contributed by atoms with Gasteiger partial charge in [0, 0.05) is 18.2 Å². The van der Waals surface area contributed by atoms with Gasteiger partial charge < -0.3 is 9.84 Å². The Bertz CT molecular complexity index is 757. The molecular formula is C16H20N4O3. The molecule has 1 amide bonds. The van der Waals surface area contributed by atoms with Gasteiger partial charge in [-0.1, -0.05) is 5.16 Å². The molecule has 0 atom stereocenters. The molecule has 3 rings (SSSR count). The molecule has 2 heterocycles. The smallest absolute Gasteiger partial charge is 0.273 e. The fourth-order valence-electron chi connectivity index (χ4n) is 2.98. The van der Waals surface area contributed by atoms with Gasteiger partial charge in [0.05, 0.1) is 11.7 Å². The van der Waals surface area contributed by atoms with E-state index < -0.39 is 0 Å². The Morgan fingerprint density at radius 3 is 2.65 bits per heavy atom. The fourth-order valence-corrected chi connectivity index (χ4v) is 2.98. The first-order chi connectivity index (χ1) is 11.0. The first kappa shape index (κ1) is 15.5. The van der Waals surface area contributed by atoms with Gasteiger partial charge in [0.2, 0.25) is 0 Å². The number of carbonyl (C=O) groups excluding carboxylic acids is 1. The van der Waals surface area contributed by atoms with Gasteiger partial charge >= 0.3 is 0 Å². The van der Waals surface area contributed by atoms with Crippen molar-refractivity contribution in [2.24, 2.45) is 0 Å². The van der Waals surface area contributed by atoms with E-state index in [1.54, 1.807) is 29.8 Å². The molecule has 0 bridgehead atoms. The van der Waals surface area contributed by atoms with Gasteiger partial charge in [-0.2, -0.15) is 5.10 Å². The Balaban J connectivity index is 1.59. The van der Waals surface area contributed by atoms with E-state index in [2.05, 4.69) is 15.6 Å². The van der Waals surface area contributed by atoms with Gasteiger partial charge in [-0.05, 0) is 45.6 Å². The fraction of sp³-hybridized carbons (Fsp3) is 0.500. The zero-order valence-corrected chi connectivity index (χ0v) is 13.3. The van der Waals surface area contributed by atoms with E-state index in [0.717, 1.165) is 31.4 Å². The lowest BCUT2D eigenvalue weighted by molar-refractivity contribution is 0.0912.